The number of aliphatic hydroxyl groups excluding tert-OH is 1. The lowest BCUT2D eigenvalue weighted by Crippen LogP contribution is -2.38. The Balaban J connectivity index is 3.02. The van der Waals surface area contributed by atoms with Crippen LogP contribution in [0.5, 0.6) is 0 Å². The summed E-state index contributed by atoms with van der Waals surface area (Å²) in [6.45, 7) is 3.49. The number of sulfonamides is 1. The summed E-state index contributed by atoms with van der Waals surface area (Å²) >= 11 is 0. The normalized spacial score (nSPS) is 12.6. The van der Waals surface area contributed by atoms with Gasteiger partial charge in [0, 0.05) is 25.0 Å². The van der Waals surface area contributed by atoms with Gasteiger partial charge < -0.3 is 10.1 Å². The summed E-state index contributed by atoms with van der Waals surface area (Å²) in [5.41, 5.74) is 0. The predicted octanol–water partition coefficient (Wildman–Crippen LogP) is 0.406. The summed E-state index contributed by atoms with van der Waals surface area (Å²) in [5.74, 6) is 0. The Morgan fingerprint density at radius 1 is 1.53 bits per heavy atom. The lowest BCUT2D eigenvalue weighted by atomic mass is 10.4. The monoisotopic (exact) mass is 232 g/mol. The Morgan fingerprint density at radius 2 is 2.20 bits per heavy atom. The van der Waals surface area contributed by atoms with Gasteiger partial charge >= 0.3 is 0 Å². The van der Waals surface area contributed by atoms with Gasteiger partial charge in [-0.15, -0.1) is 0 Å². The molecule has 1 aromatic rings. The highest BCUT2D eigenvalue weighted by Gasteiger charge is 2.26. The number of H-pyrrole nitrogens is 1. The predicted molar refractivity (Wildman–Crippen MR) is 56.9 cm³/mol. The maximum atomic E-state index is 12.0. The zero-order chi connectivity index (χ0) is 11.5. The Bertz CT molecular complexity index is 383. The zero-order valence-electron chi connectivity index (χ0n) is 8.84. The fourth-order valence-corrected chi connectivity index (χ4v) is 2.96. The minimum atomic E-state index is -3.48. The third kappa shape index (κ3) is 2.58. The largest absolute Gasteiger partial charge is 0.395 e. The van der Waals surface area contributed by atoms with Gasteiger partial charge in [-0.25, -0.2) is 8.42 Å². The van der Waals surface area contributed by atoms with Crippen LogP contribution in [0.1, 0.15) is 13.8 Å². The Morgan fingerprint density at radius 3 is 2.60 bits per heavy atom. The number of rotatable bonds is 5. The van der Waals surface area contributed by atoms with E-state index in [-0.39, 0.29) is 24.1 Å². The molecule has 0 aliphatic heterocycles. The van der Waals surface area contributed by atoms with Gasteiger partial charge in [-0.3, -0.25) is 0 Å². The topological polar surface area (TPSA) is 73.4 Å². The van der Waals surface area contributed by atoms with Crippen LogP contribution in [0.25, 0.3) is 0 Å². The first-order valence-corrected chi connectivity index (χ1v) is 6.19. The molecule has 0 bridgehead atoms. The maximum absolute atomic E-state index is 12.0. The molecule has 0 aliphatic carbocycles. The van der Waals surface area contributed by atoms with Gasteiger partial charge in [-0.1, -0.05) is 0 Å². The van der Waals surface area contributed by atoms with E-state index < -0.39 is 10.0 Å². The van der Waals surface area contributed by atoms with E-state index in [0.717, 1.165) is 0 Å². The minimum absolute atomic E-state index is 0.116. The van der Waals surface area contributed by atoms with Gasteiger partial charge in [-0.05, 0) is 19.9 Å². The van der Waals surface area contributed by atoms with Crippen LogP contribution in [0.2, 0.25) is 0 Å². The fraction of sp³-hybridized carbons (Fsp3) is 0.556. The standard InChI is InChI=1S/C9H16N2O3S/c1-8(2)11(5-6-12)15(13,14)9-3-4-10-7-9/h3-4,7-8,10,12H,5-6H2,1-2H3. The third-order valence-electron chi connectivity index (χ3n) is 2.07. The van der Waals surface area contributed by atoms with Crippen molar-refractivity contribution in [1.82, 2.24) is 9.29 Å². The summed E-state index contributed by atoms with van der Waals surface area (Å²) in [4.78, 5) is 2.93. The highest BCUT2D eigenvalue weighted by atomic mass is 32.2. The number of nitrogens with one attached hydrogen (secondary N) is 1. The van der Waals surface area contributed by atoms with Gasteiger partial charge in [0.15, 0.2) is 0 Å². The minimum Gasteiger partial charge on any atom is -0.395 e. The lowest BCUT2D eigenvalue weighted by Gasteiger charge is -2.24. The average molecular weight is 232 g/mol. The maximum Gasteiger partial charge on any atom is 0.244 e. The van der Waals surface area contributed by atoms with Gasteiger partial charge in [0.2, 0.25) is 10.0 Å². The van der Waals surface area contributed by atoms with Crippen molar-refractivity contribution >= 4 is 10.0 Å². The summed E-state index contributed by atoms with van der Waals surface area (Å²) in [6.07, 6.45) is 2.99. The van der Waals surface area contributed by atoms with Crippen molar-refractivity contribution < 1.29 is 13.5 Å². The molecule has 0 spiro atoms. The van der Waals surface area contributed by atoms with Crippen molar-refractivity contribution in [2.45, 2.75) is 24.8 Å². The highest BCUT2D eigenvalue weighted by Crippen LogP contribution is 2.16. The van der Waals surface area contributed by atoms with Crippen molar-refractivity contribution in [2.75, 3.05) is 13.2 Å². The van der Waals surface area contributed by atoms with E-state index in [4.69, 9.17) is 5.11 Å². The van der Waals surface area contributed by atoms with E-state index in [2.05, 4.69) is 4.98 Å². The van der Waals surface area contributed by atoms with Crippen LogP contribution >= 0.6 is 0 Å². The van der Waals surface area contributed by atoms with Gasteiger partial charge in [-0.2, -0.15) is 4.31 Å². The van der Waals surface area contributed by atoms with Crippen LogP contribution in [0.3, 0.4) is 0 Å². The molecular weight excluding hydrogens is 216 g/mol. The van der Waals surface area contributed by atoms with E-state index in [1.165, 1.54) is 16.6 Å². The molecule has 0 aliphatic rings. The van der Waals surface area contributed by atoms with Crippen LogP contribution in [0.4, 0.5) is 0 Å². The first-order valence-electron chi connectivity index (χ1n) is 4.75. The van der Waals surface area contributed by atoms with Crippen molar-refractivity contribution in [3.05, 3.63) is 18.5 Å². The number of hydrogen-bond acceptors (Lipinski definition) is 3. The second kappa shape index (κ2) is 4.78. The lowest BCUT2D eigenvalue weighted by molar-refractivity contribution is 0.236. The second-order valence-electron chi connectivity index (χ2n) is 3.48. The molecule has 0 atom stereocenters. The first kappa shape index (κ1) is 12.2. The molecule has 86 valence electrons. The van der Waals surface area contributed by atoms with Crippen LogP contribution in [0, 0.1) is 0 Å². The van der Waals surface area contributed by atoms with Crippen LogP contribution in [-0.4, -0.2) is 42.0 Å². The van der Waals surface area contributed by atoms with Crippen molar-refractivity contribution in [1.29, 1.82) is 0 Å². The molecule has 1 heterocycles. The molecule has 1 rings (SSSR count). The molecule has 1 aromatic heterocycles. The van der Waals surface area contributed by atoms with E-state index in [0.29, 0.717) is 0 Å². The molecule has 0 amide bonds. The van der Waals surface area contributed by atoms with E-state index in [1.807, 2.05) is 0 Å². The molecule has 0 radical (unpaired) electrons. The SMILES string of the molecule is CC(C)N(CCO)S(=O)(=O)c1cc[nH]c1. The Kier molecular flexibility index (Phi) is 3.90. The smallest absolute Gasteiger partial charge is 0.244 e. The molecule has 0 saturated heterocycles. The van der Waals surface area contributed by atoms with Crippen LogP contribution in [-0.2, 0) is 10.0 Å². The van der Waals surface area contributed by atoms with Gasteiger partial charge in [0.25, 0.3) is 0 Å². The molecule has 0 unspecified atom stereocenters. The van der Waals surface area contributed by atoms with E-state index >= 15 is 0 Å². The Labute approximate surface area is 89.8 Å². The quantitative estimate of drug-likeness (QED) is 0.772. The zero-order valence-corrected chi connectivity index (χ0v) is 9.66. The molecule has 5 nitrogen and oxygen atoms in total. The summed E-state index contributed by atoms with van der Waals surface area (Å²) in [7, 11) is -3.48. The molecule has 6 heteroatoms. The third-order valence-corrected chi connectivity index (χ3v) is 4.14. The van der Waals surface area contributed by atoms with Crippen molar-refractivity contribution in [3.63, 3.8) is 0 Å². The van der Waals surface area contributed by atoms with Crippen LogP contribution in [0.15, 0.2) is 23.4 Å². The molecule has 2 N–H and O–H groups in total. The highest BCUT2D eigenvalue weighted by molar-refractivity contribution is 7.89. The number of nitrogens with zero attached hydrogens (tertiary/aromatic N) is 1. The van der Waals surface area contributed by atoms with Crippen LogP contribution < -0.4 is 0 Å². The van der Waals surface area contributed by atoms with Gasteiger partial charge in [0.1, 0.15) is 0 Å². The Hall–Kier alpha value is -0.850. The average Bonchev–Trinajstić information content (AvgIpc) is 2.66. The number of hydrogen-bond donors (Lipinski definition) is 2. The second-order valence-corrected chi connectivity index (χ2v) is 5.37. The van der Waals surface area contributed by atoms with Crippen molar-refractivity contribution in [2.24, 2.45) is 0 Å². The summed E-state index contributed by atoms with van der Waals surface area (Å²) in [5, 5.41) is 8.83. The van der Waals surface area contributed by atoms with E-state index in [1.54, 1.807) is 20.0 Å². The first-order chi connectivity index (χ1) is 7.00. The number of aromatic nitrogens is 1. The molecule has 15 heavy (non-hydrogen) atoms. The van der Waals surface area contributed by atoms with E-state index in [9.17, 15) is 8.42 Å². The van der Waals surface area contributed by atoms with Gasteiger partial charge in [0.05, 0.1) is 11.5 Å². The molecular formula is C9H16N2O3S. The summed E-state index contributed by atoms with van der Waals surface area (Å²) in [6, 6.07) is 1.33. The van der Waals surface area contributed by atoms with Crippen molar-refractivity contribution in [3.8, 4) is 0 Å². The molecule has 0 fully saturated rings. The number of aliphatic hydroxyl groups is 1. The fourth-order valence-electron chi connectivity index (χ4n) is 1.36. The molecule has 0 aromatic carbocycles. The number of aromatic amines is 1. The summed E-state index contributed by atoms with van der Waals surface area (Å²) < 4.78 is 25.3. The molecule has 0 saturated carbocycles.